The molecule has 25 heteroatoms. The predicted molar refractivity (Wildman–Crippen MR) is 81.7 cm³/mol. The molecule has 20 N–H and O–H groups in total. The third-order valence-corrected chi connectivity index (χ3v) is 0. The molecule has 0 aromatic rings. The molecule has 0 fully saturated rings. The summed E-state index contributed by atoms with van der Waals surface area (Å²) in [4.78, 5) is 41.2. The Morgan fingerprint density at radius 2 is 0.280 bits per heavy atom. The van der Waals surface area contributed by atoms with Crippen LogP contribution in [0.2, 0.25) is 0 Å². The lowest BCUT2D eigenvalue weighted by Crippen LogP contribution is -1.74. The smallest absolute Gasteiger partial charge is 0.0689 e. The Kier molecular flexibility index (Phi) is 168. The van der Waals surface area contributed by atoms with Gasteiger partial charge in [0, 0.05) is 0 Å². The molecule has 160 valence electrons. The van der Waals surface area contributed by atoms with Gasteiger partial charge in [-0.05, 0) is 0 Å². The van der Waals surface area contributed by atoms with Crippen LogP contribution in [0.5, 0.6) is 0 Å². The molecule has 0 amide bonds. The van der Waals surface area contributed by atoms with E-state index in [-0.39, 0.29) is 30.8 Å². The molecule has 0 aromatic heterocycles. The van der Waals surface area contributed by atoms with E-state index < -0.39 is 25.4 Å². The summed E-state index contributed by atoms with van der Waals surface area (Å²) < 4.78 is 0. The highest BCUT2D eigenvalue weighted by Crippen LogP contribution is 1.46. The highest BCUT2D eigenvalue weighted by atomic mass is 16.9. The zero-order chi connectivity index (χ0) is 17.9. The molecule has 0 rings (SSSR count). The fraction of sp³-hybridized carbons (Fsp3) is 0. The Hall–Kier alpha value is -4.20. The minimum absolute atomic E-state index is 0. The van der Waals surface area contributed by atoms with E-state index in [0.29, 0.717) is 0 Å². The Labute approximate surface area is 134 Å². The molecule has 0 aromatic carbocycles. The second-order valence-corrected chi connectivity index (χ2v) is 1.12. The van der Waals surface area contributed by atoms with Gasteiger partial charge in [-0.25, -0.2) is 0 Å². The molecule has 0 bridgehead atoms. The lowest BCUT2D eigenvalue weighted by molar-refractivity contribution is -0.403. The molecule has 0 aliphatic heterocycles. The van der Waals surface area contributed by atoms with Crippen LogP contribution < -0.4 is 30.8 Å². The number of quaternary nitrogens is 5. The second kappa shape index (κ2) is 60.0. The molecule has 0 saturated carbocycles. The fourth-order valence-corrected chi connectivity index (χ4v) is 0. The summed E-state index contributed by atoms with van der Waals surface area (Å²) in [6.07, 6.45) is 0. The van der Waals surface area contributed by atoms with Crippen molar-refractivity contribution in [2.45, 2.75) is 0 Å². The van der Waals surface area contributed by atoms with Gasteiger partial charge in [-0.15, -0.1) is 0 Å². The van der Waals surface area contributed by atoms with Crippen molar-refractivity contribution in [1.29, 1.82) is 0 Å². The first-order valence-electron chi connectivity index (χ1n) is 2.74. The van der Waals surface area contributed by atoms with Crippen molar-refractivity contribution in [3.05, 3.63) is 76.6 Å². The summed E-state index contributed by atoms with van der Waals surface area (Å²) in [5.74, 6) is 0. The van der Waals surface area contributed by atoms with Crippen molar-refractivity contribution in [2.24, 2.45) is 0 Å². The van der Waals surface area contributed by atoms with E-state index in [1.54, 1.807) is 0 Å². The average molecular weight is 400 g/mol. The SMILES string of the molecule is O=[N+]([O-])[O-].O=[N+]([O-])[O-].O=[N+]([O-])[O-].O=[N+]([O-])[O-].O=[N+]([O-])[O-].[NH4+].[NH4+].[NH4+].[NH4+].[NH4+]. The van der Waals surface area contributed by atoms with Crippen LogP contribution in [0.4, 0.5) is 0 Å². The van der Waals surface area contributed by atoms with E-state index in [2.05, 4.69) is 0 Å². The lowest BCUT2D eigenvalue weighted by atomic mass is 13.1. The lowest BCUT2D eigenvalue weighted by Gasteiger charge is -1.74. The summed E-state index contributed by atoms with van der Waals surface area (Å²) in [6.45, 7) is 0. The summed E-state index contributed by atoms with van der Waals surface area (Å²) in [6, 6.07) is 0. The monoisotopic (exact) mass is 400 g/mol. The van der Waals surface area contributed by atoms with Crippen LogP contribution >= 0.6 is 0 Å². The molecule has 0 saturated heterocycles. The molecule has 0 atom stereocenters. The van der Waals surface area contributed by atoms with Crippen molar-refractivity contribution < 1.29 is 25.4 Å². The van der Waals surface area contributed by atoms with Crippen molar-refractivity contribution in [1.82, 2.24) is 30.8 Å². The summed E-state index contributed by atoms with van der Waals surface area (Å²) in [7, 11) is 0. The summed E-state index contributed by atoms with van der Waals surface area (Å²) in [5.41, 5.74) is 0. The standard InChI is InChI=1S/5NO3.5H3N/c5*2-1(3)4;;;;;/h;;;;;5*1H3/q5*-1;;;;;/p+5. The number of hydrogen-bond donors (Lipinski definition) is 5. The zero-order valence-electron chi connectivity index (χ0n) is 13.4. The number of hydrogen-bond acceptors (Lipinski definition) is 15. The van der Waals surface area contributed by atoms with E-state index in [1.165, 1.54) is 0 Å². The minimum Gasteiger partial charge on any atom is -0.369 e. The van der Waals surface area contributed by atoms with Crippen molar-refractivity contribution in [3.8, 4) is 0 Å². The van der Waals surface area contributed by atoms with E-state index in [9.17, 15) is 0 Å². The molecule has 0 unspecified atom stereocenters. The van der Waals surface area contributed by atoms with Gasteiger partial charge < -0.3 is 107 Å². The van der Waals surface area contributed by atoms with Gasteiger partial charge in [-0.3, -0.25) is 0 Å². The van der Waals surface area contributed by atoms with E-state index in [4.69, 9.17) is 76.6 Å². The first kappa shape index (κ1) is 69.9. The average Bonchev–Trinajstić information content (AvgIpc) is 1.94. The van der Waals surface area contributed by atoms with E-state index in [0.717, 1.165) is 0 Å². The Bertz CT molecular complexity index is 209. The van der Waals surface area contributed by atoms with Gasteiger partial charge in [0.2, 0.25) is 0 Å². The maximum atomic E-state index is 8.25. The zero-order valence-corrected chi connectivity index (χ0v) is 13.4. The molecule has 25 heavy (non-hydrogen) atoms. The predicted octanol–water partition coefficient (Wildman–Crippen LogP) is 0.685. The van der Waals surface area contributed by atoms with Crippen molar-refractivity contribution >= 4 is 0 Å². The molecule has 0 aliphatic rings. The molecule has 0 aliphatic carbocycles. The van der Waals surface area contributed by atoms with E-state index in [1.807, 2.05) is 0 Å². The maximum absolute atomic E-state index is 8.25. The highest BCUT2D eigenvalue weighted by Gasteiger charge is 1.47. The number of rotatable bonds is 0. The van der Waals surface area contributed by atoms with Gasteiger partial charge in [0.15, 0.2) is 0 Å². The Balaban J connectivity index is -0.0000000134. The van der Waals surface area contributed by atoms with E-state index >= 15 is 0 Å². The van der Waals surface area contributed by atoms with Crippen LogP contribution in [0.25, 0.3) is 0 Å². The Morgan fingerprint density at radius 3 is 0.280 bits per heavy atom. The largest absolute Gasteiger partial charge is 0.369 e. The highest BCUT2D eigenvalue weighted by molar-refractivity contribution is 4.05. The summed E-state index contributed by atoms with van der Waals surface area (Å²) >= 11 is 0. The fourth-order valence-electron chi connectivity index (χ4n) is 0. The molecule has 0 heterocycles. The van der Waals surface area contributed by atoms with Crippen molar-refractivity contribution in [3.63, 3.8) is 0 Å². The first-order valence-corrected chi connectivity index (χ1v) is 2.74. The topological polar surface area (TPSA) is 514 Å². The van der Waals surface area contributed by atoms with Gasteiger partial charge in [0.1, 0.15) is 0 Å². The van der Waals surface area contributed by atoms with Gasteiger partial charge in [-0.1, -0.05) is 0 Å². The molecular formula is H20N10O15. The second-order valence-electron chi connectivity index (χ2n) is 1.12. The molecule has 25 nitrogen and oxygen atoms in total. The molecule has 0 radical (unpaired) electrons. The van der Waals surface area contributed by atoms with Crippen LogP contribution in [0.1, 0.15) is 0 Å². The van der Waals surface area contributed by atoms with Crippen LogP contribution in [0.15, 0.2) is 0 Å². The van der Waals surface area contributed by atoms with Gasteiger partial charge in [0.25, 0.3) is 0 Å². The maximum Gasteiger partial charge on any atom is 0.0689 e. The van der Waals surface area contributed by atoms with Crippen LogP contribution in [0.3, 0.4) is 0 Å². The summed E-state index contributed by atoms with van der Waals surface area (Å²) in [5, 5.41) is 73.8. The van der Waals surface area contributed by atoms with Crippen LogP contribution in [-0.4, -0.2) is 25.4 Å². The third kappa shape index (κ3) is 356. The van der Waals surface area contributed by atoms with Gasteiger partial charge in [0.05, 0.1) is 25.4 Å². The first-order chi connectivity index (χ1) is 8.66. The molecule has 0 spiro atoms. The van der Waals surface area contributed by atoms with Gasteiger partial charge in [-0.2, -0.15) is 0 Å². The normalized spacial score (nSPS) is 4.80. The number of nitrogens with zero attached hydrogens (tertiary/aromatic N) is 5. The third-order valence-electron chi connectivity index (χ3n) is 0. The minimum atomic E-state index is -1.75. The van der Waals surface area contributed by atoms with Crippen molar-refractivity contribution in [2.75, 3.05) is 0 Å². The van der Waals surface area contributed by atoms with Crippen LogP contribution in [0, 0.1) is 76.6 Å². The van der Waals surface area contributed by atoms with Crippen LogP contribution in [-0.2, 0) is 0 Å². The molecular weight excluding hydrogens is 380 g/mol. The van der Waals surface area contributed by atoms with Gasteiger partial charge >= 0.3 is 0 Å². The quantitative estimate of drug-likeness (QED) is 0.275. The Morgan fingerprint density at radius 1 is 0.280 bits per heavy atom.